The highest BCUT2D eigenvalue weighted by atomic mass is 31.2. The summed E-state index contributed by atoms with van der Waals surface area (Å²) in [5.41, 5.74) is 4.88. The molecular weight excluding hydrogens is 228 g/mol. The normalized spacial score (nSPS) is 15.8. The van der Waals surface area contributed by atoms with E-state index in [1.54, 1.807) is 0 Å². The maximum atomic E-state index is 10.1. The van der Waals surface area contributed by atoms with Gasteiger partial charge in [-0.15, -0.1) is 0 Å². The third-order valence-corrected chi connectivity index (χ3v) is 1.71. The van der Waals surface area contributed by atoms with Crippen molar-refractivity contribution in [2.24, 2.45) is 5.73 Å². The van der Waals surface area contributed by atoms with Crippen LogP contribution in [0.25, 0.3) is 0 Å². The van der Waals surface area contributed by atoms with Crippen LogP contribution in [0.1, 0.15) is 0 Å². The number of nitrogens with two attached hydrogens (primary N) is 1. The fraction of sp³-hybridized carbons (Fsp3) is 1.00. The summed E-state index contributed by atoms with van der Waals surface area (Å²) in [5.74, 6) is 0. The largest absolute Gasteiger partial charge is 0.471 e. The summed E-state index contributed by atoms with van der Waals surface area (Å²) in [6.07, 6.45) is -1.60. The van der Waals surface area contributed by atoms with Crippen LogP contribution in [0.4, 0.5) is 0 Å². The Morgan fingerprint density at radius 2 is 1.62 bits per heavy atom. The van der Waals surface area contributed by atoms with E-state index in [1.165, 1.54) is 0 Å². The standard InChI is InChI=1S/C2H9NO8P2/c3-2(11-13(7,8)9)1-10-12(4,5)6/h2H,1,3H2,(H2,4,5,6)(H2,7,8,9). The van der Waals surface area contributed by atoms with Crippen LogP contribution in [0.15, 0.2) is 0 Å². The first-order chi connectivity index (χ1) is 5.60. The molecule has 0 radical (unpaired) electrons. The molecule has 0 aromatic rings. The Hall–Kier alpha value is 0.180. The van der Waals surface area contributed by atoms with Gasteiger partial charge in [0.1, 0.15) is 6.23 Å². The highest BCUT2D eigenvalue weighted by Crippen LogP contribution is 2.39. The smallest absolute Gasteiger partial charge is 0.304 e. The monoisotopic (exact) mass is 237 g/mol. The van der Waals surface area contributed by atoms with E-state index in [4.69, 9.17) is 25.3 Å². The molecule has 0 aliphatic carbocycles. The molecule has 0 heterocycles. The minimum atomic E-state index is -4.76. The first kappa shape index (κ1) is 13.2. The molecule has 0 rings (SSSR count). The molecule has 0 aliphatic heterocycles. The summed E-state index contributed by atoms with van der Waals surface area (Å²) in [5, 5.41) is 0. The number of rotatable bonds is 5. The van der Waals surface area contributed by atoms with Crippen LogP contribution >= 0.6 is 15.6 Å². The van der Waals surface area contributed by atoms with Crippen molar-refractivity contribution >= 4 is 15.6 Å². The van der Waals surface area contributed by atoms with Crippen molar-refractivity contribution < 1.29 is 37.8 Å². The molecule has 0 saturated heterocycles. The van der Waals surface area contributed by atoms with Gasteiger partial charge in [0.05, 0.1) is 6.61 Å². The summed E-state index contributed by atoms with van der Waals surface area (Å²) in [6.45, 7) is -0.824. The average molecular weight is 237 g/mol. The molecule has 0 amide bonds. The summed E-state index contributed by atoms with van der Waals surface area (Å²) in [6, 6.07) is 0. The van der Waals surface area contributed by atoms with Gasteiger partial charge >= 0.3 is 15.6 Å². The molecule has 0 aromatic carbocycles. The van der Waals surface area contributed by atoms with Gasteiger partial charge in [-0.05, 0) is 0 Å². The van der Waals surface area contributed by atoms with Gasteiger partial charge in [0.25, 0.3) is 0 Å². The Morgan fingerprint density at radius 1 is 1.15 bits per heavy atom. The Kier molecular flexibility index (Phi) is 4.67. The van der Waals surface area contributed by atoms with Crippen LogP contribution in [-0.4, -0.2) is 32.4 Å². The molecule has 11 heteroatoms. The average Bonchev–Trinajstić information content (AvgIpc) is 1.78. The Morgan fingerprint density at radius 3 is 1.92 bits per heavy atom. The number of hydrogen-bond donors (Lipinski definition) is 5. The van der Waals surface area contributed by atoms with E-state index in [0.717, 1.165) is 0 Å². The van der Waals surface area contributed by atoms with E-state index >= 15 is 0 Å². The molecular formula is C2H9NO8P2. The van der Waals surface area contributed by atoms with Crippen molar-refractivity contribution in [3.05, 3.63) is 0 Å². The lowest BCUT2D eigenvalue weighted by atomic mass is 10.7. The summed E-state index contributed by atoms with van der Waals surface area (Å²) < 4.78 is 27.8. The van der Waals surface area contributed by atoms with Crippen molar-refractivity contribution in [3.8, 4) is 0 Å². The van der Waals surface area contributed by atoms with Crippen molar-refractivity contribution in [2.45, 2.75) is 6.23 Å². The zero-order valence-corrected chi connectivity index (χ0v) is 7.97. The van der Waals surface area contributed by atoms with Crippen LogP contribution in [0, 0.1) is 0 Å². The third kappa shape index (κ3) is 10.1. The van der Waals surface area contributed by atoms with Crippen molar-refractivity contribution in [3.63, 3.8) is 0 Å². The molecule has 0 aliphatic rings. The first-order valence-corrected chi connectivity index (χ1v) is 5.86. The highest BCUT2D eigenvalue weighted by Gasteiger charge is 2.22. The second kappa shape index (κ2) is 4.61. The van der Waals surface area contributed by atoms with Crippen LogP contribution in [0.5, 0.6) is 0 Å². The number of hydrogen-bond acceptors (Lipinski definition) is 5. The van der Waals surface area contributed by atoms with Gasteiger partial charge in [-0.2, -0.15) is 0 Å². The molecule has 0 spiro atoms. The van der Waals surface area contributed by atoms with E-state index in [-0.39, 0.29) is 0 Å². The summed E-state index contributed by atoms with van der Waals surface area (Å²) in [7, 11) is -9.46. The minimum Gasteiger partial charge on any atom is -0.304 e. The molecule has 1 unspecified atom stereocenters. The van der Waals surface area contributed by atoms with Crippen molar-refractivity contribution in [2.75, 3.05) is 6.61 Å². The highest BCUT2D eigenvalue weighted by molar-refractivity contribution is 7.46. The SMILES string of the molecule is NC(COP(=O)(O)O)OP(=O)(O)O. The molecule has 9 nitrogen and oxygen atoms in total. The minimum absolute atomic E-state index is 0.824. The molecule has 6 N–H and O–H groups in total. The Labute approximate surface area is 72.9 Å². The van der Waals surface area contributed by atoms with E-state index in [9.17, 15) is 9.13 Å². The van der Waals surface area contributed by atoms with Gasteiger partial charge in [-0.3, -0.25) is 9.05 Å². The topological polar surface area (TPSA) is 160 Å². The van der Waals surface area contributed by atoms with Gasteiger partial charge in [0.2, 0.25) is 0 Å². The third-order valence-electron chi connectivity index (χ3n) is 0.680. The molecule has 80 valence electrons. The van der Waals surface area contributed by atoms with E-state index in [0.29, 0.717) is 0 Å². The second-order valence-corrected chi connectivity index (χ2v) is 4.35. The molecule has 13 heavy (non-hydrogen) atoms. The Balaban J connectivity index is 3.84. The van der Waals surface area contributed by atoms with Crippen LogP contribution in [-0.2, 0) is 18.2 Å². The van der Waals surface area contributed by atoms with Gasteiger partial charge in [0, 0.05) is 0 Å². The van der Waals surface area contributed by atoms with E-state index in [2.05, 4.69) is 9.05 Å². The predicted molar refractivity (Wildman–Crippen MR) is 39.1 cm³/mol. The zero-order chi connectivity index (χ0) is 10.7. The molecule has 1 atom stereocenters. The quantitative estimate of drug-likeness (QED) is 0.282. The van der Waals surface area contributed by atoms with Crippen LogP contribution < -0.4 is 5.73 Å². The van der Waals surface area contributed by atoms with Crippen molar-refractivity contribution in [1.29, 1.82) is 0 Å². The van der Waals surface area contributed by atoms with E-state index < -0.39 is 28.5 Å². The lowest BCUT2D eigenvalue weighted by molar-refractivity contribution is 0.0771. The number of phosphoric acid groups is 2. The lowest BCUT2D eigenvalue weighted by Gasteiger charge is -2.13. The van der Waals surface area contributed by atoms with Crippen LogP contribution in [0.3, 0.4) is 0 Å². The fourth-order valence-corrected chi connectivity index (χ4v) is 1.13. The van der Waals surface area contributed by atoms with Gasteiger partial charge < -0.3 is 25.3 Å². The molecule has 0 fully saturated rings. The fourth-order valence-electron chi connectivity index (χ4n) is 0.377. The van der Waals surface area contributed by atoms with Gasteiger partial charge in [-0.1, -0.05) is 0 Å². The van der Waals surface area contributed by atoms with E-state index in [1.807, 2.05) is 0 Å². The number of phosphoric ester groups is 2. The molecule has 0 saturated carbocycles. The Bertz CT molecular complexity index is 241. The first-order valence-electron chi connectivity index (χ1n) is 2.80. The summed E-state index contributed by atoms with van der Waals surface area (Å²) >= 11 is 0. The predicted octanol–water partition coefficient (Wildman–Crippen LogP) is -1.51. The maximum Gasteiger partial charge on any atom is 0.471 e. The zero-order valence-electron chi connectivity index (χ0n) is 6.18. The van der Waals surface area contributed by atoms with Crippen LogP contribution in [0.2, 0.25) is 0 Å². The second-order valence-electron chi connectivity index (χ2n) is 1.92. The molecule has 0 aromatic heterocycles. The molecule has 0 bridgehead atoms. The van der Waals surface area contributed by atoms with Gasteiger partial charge in [-0.25, -0.2) is 9.13 Å². The lowest BCUT2D eigenvalue weighted by Crippen LogP contribution is -2.27. The maximum absolute atomic E-state index is 10.1. The van der Waals surface area contributed by atoms with Crippen molar-refractivity contribution in [1.82, 2.24) is 0 Å². The van der Waals surface area contributed by atoms with Gasteiger partial charge in [0.15, 0.2) is 0 Å². The summed E-state index contributed by atoms with van der Waals surface area (Å²) in [4.78, 5) is 32.7.